The smallest absolute Gasteiger partial charge is 0.0541 e. The van der Waals surface area contributed by atoms with E-state index in [-0.39, 0.29) is 21.7 Å². The van der Waals surface area contributed by atoms with Crippen LogP contribution in [0.5, 0.6) is 0 Å². The fourth-order valence-corrected chi connectivity index (χ4v) is 11.7. The van der Waals surface area contributed by atoms with E-state index >= 15 is 0 Å². The lowest BCUT2D eigenvalue weighted by atomic mass is 9.63. The first-order valence-corrected chi connectivity index (χ1v) is 25.6. The third-order valence-corrected chi connectivity index (χ3v) is 15.9. The van der Waals surface area contributed by atoms with Crippen molar-refractivity contribution < 1.29 is 0 Å². The lowest BCUT2D eigenvalue weighted by Crippen LogP contribution is -2.29. The highest BCUT2D eigenvalue weighted by Gasteiger charge is 2.39. The van der Waals surface area contributed by atoms with Gasteiger partial charge in [-0.25, -0.2) is 0 Å². The Morgan fingerprint density at radius 2 is 0.600 bits per heavy atom. The summed E-state index contributed by atoms with van der Waals surface area (Å²) in [6, 6.07) is 46.9. The first-order valence-electron chi connectivity index (χ1n) is 25.6. The Morgan fingerprint density at radius 1 is 0.314 bits per heavy atom. The van der Waals surface area contributed by atoms with Gasteiger partial charge in [0.15, 0.2) is 0 Å². The average Bonchev–Trinajstić information content (AvgIpc) is 3.83. The SMILES string of the molecule is CC(C)(C)c1ccc2c(c1)c1cc(C(C)(C)C)ccc1n2-c1ccc(C2=CC3=CC=C4C=C(c5ccc(-n6c7ccc(C(C)(C)C)cc7c7cc(C(C)(C)C)ccc76)cc5)C=C5C=CC(=C2)C3C45)cc1. The second-order valence-corrected chi connectivity index (χ2v) is 24.8. The number of aromatic nitrogens is 2. The van der Waals surface area contributed by atoms with Crippen molar-refractivity contribution in [3.05, 3.63) is 226 Å². The second-order valence-electron chi connectivity index (χ2n) is 24.8. The Kier molecular flexibility index (Phi) is 9.69. The number of hydrogen-bond acceptors (Lipinski definition) is 0. The molecule has 0 bridgehead atoms. The van der Waals surface area contributed by atoms with Crippen LogP contribution < -0.4 is 0 Å². The van der Waals surface area contributed by atoms with Crippen LogP contribution in [0.25, 0.3) is 66.1 Å². The lowest BCUT2D eigenvalue weighted by molar-refractivity contribution is 0.566. The van der Waals surface area contributed by atoms with Crippen LogP contribution in [0.3, 0.4) is 0 Å². The van der Waals surface area contributed by atoms with Crippen LogP contribution >= 0.6 is 0 Å². The largest absolute Gasteiger partial charge is 0.309 e. The average molecular weight is 911 g/mol. The highest BCUT2D eigenvalue weighted by Crippen LogP contribution is 2.52. The molecular formula is C68H66N2. The second kappa shape index (κ2) is 15.3. The van der Waals surface area contributed by atoms with Gasteiger partial charge in [-0.15, -0.1) is 0 Å². The van der Waals surface area contributed by atoms with Crippen molar-refractivity contribution in [3.8, 4) is 11.4 Å². The molecule has 2 heteroatoms. The van der Waals surface area contributed by atoms with Gasteiger partial charge >= 0.3 is 0 Å². The van der Waals surface area contributed by atoms with Gasteiger partial charge in [0, 0.05) is 44.8 Å². The number of allylic oxidation sites excluding steroid dienone is 14. The fraction of sp³-hybridized carbons (Fsp3) is 0.265. The maximum Gasteiger partial charge on any atom is 0.0541 e. The molecule has 12 rings (SSSR count). The molecule has 4 aliphatic carbocycles. The van der Waals surface area contributed by atoms with Crippen LogP contribution in [0.4, 0.5) is 0 Å². The van der Waals surface area contributed by atoms with Crippen LogP contribution in [-0.2, 0) is 21.7 Å². The molecule has 8 aromatic rings. The third-order valence-electron chi connectivity index (χ3n) is 15.9. The quantitative estimate of drug-likeness (QED) is 0.167. The van der Waals surface area contributed by atoms with Crippen molar-refractivity contribution in [2.75, 3.05) is 0 Å². The molecule has 2 heterocycles. The highest BCUT2D eigenvalue weighted by molar-refractivity contribution is 6.11. The lowest BCUT2D eigenvalue weighted by Gasteiger charge is -2.40. The zero-order valence-corrected chi connectivity index (χ0v) is 43.2. The van der Waals surface area contributed by atoms with Crippen molar-refractivity contribution in [3.63, 3.8) is 0 Å². The summed E-state index contributed by atoms with van der Waals surface area (Å²) in [7, 11) is 0. The molecule has 6 aromatic carbocycles. The Morgan fingerprint density at radius 3 is 0.871 bits per heavy atom. The Balaban J connectivity index is 0.861. The number of nitrogens with zero attached hydrogens (tertiary/aromatic N) is 2. The van der Waals surface area contributed by atoms with Crippen molar-refractivity contribution in [1.82, 2.24) is 9.13 Å². The summed E-state index contributed by atoms with van der Waals surface area (Å²) in [6.07, 6.45) is 19.3. The zero-order valence-electron chi connectivity index (χ0n) is 43.2. The normalized spacial score (nSPS) is 18.2. The first-order chi connectivity index (χ1) is 33.2. The first kappa shape index (κ1) is 44.3. The predicted octanol–water partition coefficient (Wildman–Crippen LogP) is 18.1. The minimum atomic E-state index is 0.0689. The molecular weight excluding hydrogens is 845 g/mol. The summed E-state index contributed by atoms with van der Waals surface area (Å²) in [5, 5.41) is 5.28. The fourth-order valence-electron chi connectivity index (χ4n) is 11.7. The van der Waals surface area contributed by atoms with Crippen molar-refractivity contribution in [2.24, 2.45) is 11.8 Å². The maximum absolute atomic E-state index is 2.46. The van der Waals surface area contributed by atoms with E-state index in [1.807, 2.05) is 0 Å². The number of hydrogen-bond donors (Lipinski definition) is 0. The van der Waals surface area contributed by atoms with Crippen LogP contribution in [0.15, 0.2) is 192 Å². The van der Waals surface area contributed by atoms with Gasteiger partial charge in [0.25, 0.3) is 0 Å². The summed E-state index contributed by atoms with van der Waals surface area (Å²) in [4.78, 5) is 0. The Labute approximate surface area is 415 Å². The predicted molar refractivity (Wildman–Crippen MR) is 301 cm³/mol. The summed E-state index contributed by atoms with van der Waals surface area (Å²) >= 11 is 0. The van der Waals surface area contributed by atoms with Gasteiger partial charge in [-0.05, 0) is 161 Å². The van der Waals surface area contributed by atoms with Crippen LogP contribution in [0.2, 0.25) is 0 Å². The van der Waals surface area contributed by atoms with E-state index in [1.54, 1.807) is 0 Å². The van der Waals surface area contributed by atoms with Gasteiger partial charge in [0.05, 0.1) is 22.1 Å². The molecule has 0 saturated heterocycles. The maximum atomic E-state index is 2.46. The molecule has 0 saturated carbocycles. The molecule has 4 aliphatic rings. The number of fused-ring (bicyclic) bond motifs is 6. The van der Waals surface area contributed by atoms with Crippen LogP contribution in [0, 0.1) is 11.8 Å². The minimum absolute atomic E-state index is 0.0689. The number of rotatable bonds is 4. The van der Waals surface area contributed by atoms with Crippen LogP contribution in [-0.4, -0.2) is 9.13 Å². The molecule has 0 amide bonds. The summed E-state index contributed by atoms with van der Waals surface area (Å²) < 4.78 is 4.92. The van der Waals surface area contributed by atoms with Gasteiger partial charge in [-0.2, -0.15) is 0 Å². The van der Waals surface area contributed by atoms with E-state index in [9.17, 15) is 0 Å². The molecule has 0 radical (unpaired) electrons. The van der Waals surface area contributed by atoms with Crippen molar-refractivity contribution in [2.45, 2.75) is 105 Å². The Hall–Kier alpha value is -6.90. The highest BCUT2D eigenvalue weighted by atomic mass is 15.0. The van der Waals surface area contributed by atoms with Gasteiger partial charge < -0.3 is 9.13 Å². The molecule has 70 heavy (non-hydrogen) atoms. The topological polar surface area (TPSA) is 9.86 Å². The molecule has 2 unspecified atom stereocenters. The molecule has 0 N–H and O–H groups in total. The Bertz CT molecular complexity index is 3360. The zero-order chi connectivity index (χ0) is 48.8. The monoisotopic (exact) mass is 911 g/mol. The van der Waals surface area contributed by atoms with E-state index < -0.39 is 0 Å². The third kappa shape index (κ3) is 7.20. The van der Waals surface area contributed by atoms with E-state index in [4.69, 9.17) is 0 Å². The van der Waals surface area contributed by atoms with Crippen molar-refractivity contribution >= 4 is 54.8 Å². The number of benzene rings is 6. The molecule has 0 aliphatic heterocycles. The molecule has 0 spiro atoms. The van der Waals surface area contributed by atoms with E-state index in [1.165, 1.54) is 122 Å². The molecule has 2 nitrogen and oxygen atoms in total. The summed E-state index contributed by atoms with van der Waals surface area (Å²) in [5.74, 6) is 0.641. The van der Waals surface area contributed by atoms with E-state index in [2.05, 4.69) is 262 Å². The standard InChI is InChI=1S/C68H66N2/c1-65(2,3)49-21-29-59-55(37-49)56-38-50(66(4,5)6)22-30-60(56)69(59)53-25-17-41(18-26-53)47-33-43-13-15-45-35-48(36-46-16-14-44(34-47)63(43)64(45)46)42-19-27-54(28-20-42)70-61-31-23-51(67(7,8)9)39-57(61)58-40-52(68(10,11)12)24-32-62(58)70/h13-40,63-64H,1-12H3. The molecule has 2 aromatic heterocycles. The van der Waals surface area contributed by atoms with Crippen molar-refractivity contribution in [1.29, 1.82) is 0 Å². The van der Waals surface area contributed by atoms with Crippen LogP contribution in [0.1, 0.15) is 116 Å². The molecule has 348 valence electrons. The van der Waals surface area contributed by atoms with E-state index in [0.29, 0.717) is 11.8 Å². The molecule has 2 atom stereocenters. The van der Waals surface area contributed by atoms with Gasteiger partial charge in [0.1, 0.15) is 0 Å². The van der Waals surface area contributed by atoms with Gasteiger partial charge in [-0.3, -0.25) is 0 Å². The summed E-state index contributed by atoms with van der Waals surface area (Å²) in [6.45, 7) is 27.7. The van der Waals surface area contributed by atoms with Gasteiger partial charge in [0.2, 0.25) is 0 Å². The van der Waals surface area contributed by atoms with E-state index in [0.717, 1.165) is 0 Å². The summed E-state index contributed by atoms with van der Waals surface area (Å²) in [5.41, 5.74) is 23.7. The minimum Gasteiger partial charge on any atom is -0.309 e. The molecule has 0 fully saturated rings. The van der Waals surface area contributed by atoms with Gasteiger partial charge in [-0.1, -0.05) is 180 Å².